The average molecular weight is 336 g/mol. The zero-order valence-electron chi connectivity index (χ0n) is 10.3. The zero-order valence-corrected chi connectivity index (χ0v) is 13.5. The van der Waals surface area contributed by atoms with Crippen LogP contribution < -0.4 is 0 Å². The molecule has 0 aliphatic heterocycles. The molecular weight excluding hydrogens is 316 g/mol. The van der Waals surface area contributed by atoms with Gasteiger partial charge >= 0.3 is 0 Å². The minimum Gasteiger partial charge on any atom is -0.143 e. The van der Waals surface area contributed by atoms with E-state index in [9.17, 15) is 0 Å². The molecule has 96 valence electrons. The Morgan fingerprint density at radius 3 is 2.53 bits per heavy atom. The lowest BCUT2D eigenvalue weighted by Gasteiger charge is -2.17. The van der Waals surface area contributed by atoms with Crippen molar-refractivity contribution in [1.82, 2.24) is 0 Å². The second kappa shape index (κ2) is 6.58. The first-order valence-corrected chi connectivity index (χ1v) is 8.61. The highest BCUT2D eigenvalue weighted by Crippen LogP contribution is 2.41. The molecule has 1 aromatic rings. The highest BCUT2D eigenvalue weighted by Gasteiger charge is 2.20. The number of aryl methyl sites for hydroxylation is 1. The van der Waals surface area contributed by atoms with Crippen molar-refractivity contribution in [2.24, 2.45) is 5.92 Å². The van der Waals surface area contributed by atoms with Crippen molar-refractivity contribution in [2.75, 3.05) is 0 Å². The molecule has 2 rings (SSSR count). The van der Waals surface area contributed by atoms with E-state index in [2.05, 4.69) is 28.9 Å². The predicted octanol–water partition coefficient (Wildman–Crippen LogP) is 6.46. The van der Waals surface area contributed by atoms with E-state index in [-0.39, 0.29) is 5.38 Å². The van der Waals surface area contributed by atoms with Crippen LogP contribution in [0.15, 0.2) is 10.5 Å². The summed E-state index contributed by atoms with van der Waals surface area (Å²) >= 11 is 12.1. The summed E-state index contributed by atoms with van der Waals surface area (Å²) < 4.78 is 1.20. The largest absolute Gasteiger partial charge is 0.143 e. The van der Waals surface area contributed by atoms with Crippen molar-refractivity contribution in [3.63, 3.8) is 0 Å². The number of thiophene rings is 1. The van der Waals surface area contributed by atoms with Crippen LogP contribution in [-0.4, -0.2) is 0 Å². The molecule has 1 aliphatic rings. The van der Waals surface area contributed by atoms with Crippen LogP contribution in [0.1, 0.15) is 60.1 Å². The van der Waals surface area contributed by atoms with Crippen LogP contribution in [0.3, 0.4) is 0 Å². The third-order valence-electron chi connectivity index (χ3n) is 3.64. The normalized spacial score (nSPS) is 20.2. The zero-order chi connectivity index (χ0) is 12.3. The molecule has 1 aliphatic carbocycles. The van der Waals surface area contributed by atoms with Gasteiger partial charge in [-0.25, -0.2) is 0 Å². The molecule has 0 radical (unpaired) electrons. The molecule has 1 saturated carbocycles. The van der Waals surface area contributed by atoms with E-state index in [1.54, 1.807) is 0 Å². The first-order chi connectivity index (χ1) is 8.16. The van der Waals surface area contributed by atoms with Gasteiger partial charge in [0.05, 0.1) is 5.38 Å². The van der Waals surface area contributed by atoms with E-state index in [0.29, 0.717) is 0 Å². The lowest BCUT2D eigenvalue weighted by Crippen LogP contribution is -2.02. The number of halogens is 2. The van der Waals surface area contributed by atoms with E-state index in [1.807, 2.05) is 11.3 Å². The van der Waals surface area contributed by atoms with E-state index in [1.165, 1.54) is 52.8 Å². The summed E-state index contributed by atoms with van der Waals surface area (Å²) in [5.74, 6) is 0.842. The van der Waals surface area contributed by atoms with Gasteiger partial charge in [-0.3, -0.25) is 0 Å². The van der Waals surface area contributed by atoms with Crippen molar-refractivity contribution in [3.8, 4) is 0 Å². The summed E-state index contributed by atoms with van der Waals surface area (Å²) in [6, 6.07) is 2.18. The maximum atomic E-state index is 6.59. The summed E-state index contributed by atoms with van der Waals surface area (Å²) in [7, 11) is 0. The molecule has 0 aromatic carbocycles. The van der Waals surface area contributed by atoms with Gasteiger partial charge in [0.15, 0.2) is 0 Å². The van der Waals surface area contributed by atoms with Crippen LogP contribution in [0, 0.1) is 12.8 Å². The molecule has 1 atom stereocenters. The molecular formula is C14H20BrClS. The standard InChI is InChI=1S/C14H20BrClS/c1-10-8-12(15)14(17-10)13(16)9-11-6-4-2-3-5-7-11/h8,11,13H,2-7,9H2,1H3. The monoisotopic (exact) mass is 334 g/mol. The van der Waals surface area contributed by atoms with Crippen LogP contribution in [-0.2, 0) is 0 Å². The molecule has 0 saturated heterocycles. The summed E-state index contributed by atoms with van der Waals surface area (Å²) in [4.78, 5) is 2.67. The molecule has 1 aromatic heterocycles. The van der Waals surface area contributed by atoms with Gasteiger partial charge < -0.3 is 0 Å². The van der Waals surface area contributed by atoms with Crippen LogP contribution in [0.4, 0.5) is 0 Å². The molecule has 1 unspecified atom stereocenters. The number of rotatable bonds is 3. The molecule has 17 heavy (non-hydrogen) atoms. The minimum atomic E-state index is 0.200. The van der Waals surface area contributed by atoms with Crippen LogP contribution in [0.25, 0.3) is 0 Å². The fourth-order valence-corrected chi connectivity index (χ4v) is 5.27. The quantitative estimate of drug-likeness (QED) is 0.439. The van der Waals surface area contributed by atoms with Gasteiger partial charge in [0, 0.05) is 14.2 Å². The highest BCUT2D eigenvalue weighted by atomic mass is 79.9. The molecule has 0 N–H and O–H groups in total. The predicted molar refractivity (Wildman–Crippen MR) is 81.2 cm³/mol. The van der Waals surface area contributed by atoms with Crippen LogP contribution in [0.5, 0.6) is 0 Å². The Bertz CT molecular complexity index is 353. The summed E-state index contributed by atoms with van der Waals surface area (Å²) in [5.41, 5.74) is 0. The Morgan fingerprint density at radius 1 is 1.35 bits per heavy atom. The van der Waals surface area contributed by atoms with E-state index < -0.39 is 0 Å². The second-order valence-corrected chi connectivity index (χ2v) is 7.80. The van der Waals surface area contributed by atoms with Crippen molar-refractivity contribution >= 4 is 38.9 Å². The van der Waals surface area contributed by atoms with Crippen LogP contribution >= 0.6 is 38.9 Å². The maximum Gasteiger partial charge on any atom is 0.0692 e. The molecule has 0 bridgehead atoms. The lowest BCUT2D eigenvalue weighted by atomic mass is 9.94. The second-order valence-electron chi connectivity index (χ2n) is 5.13. The fourth-order valence-electron chi connectivity index (χ4n) is 2.71. The molecule has 0 nitrogen and oxygen atoms in total. The summed E-state index contributed by atoms with van der Waals surface area (Å²) in [5, 5.41) is 0.200. The molecule has 1 fully saturated rings. The Morgan fingerprint density at radius 2 is 2.00 bits per heavy atom. The average Bonchev–Trinajstić information content (AvgIpc) is 2.51. The molecule has 0 amide bonds. The molecule has 1 heterocycles. The van der Waals surface area contributed by atoms with Crippen molar-refractivity contribution in [2.45, 2.75) is 57.2 Å². The molecule has 3 heteroatoms. The van der Waals surface area contributed by atoms with Gasteiger partial charge in [0.1, 0.15) is 0 Å². The van der Waals surface area contributed by atoms with E-state index >= 15 is 0 Å². The molecule has 0 spiro atoms. The Kier molecular flexibility index (Phi) is 5.38. The third kappa shape index (κ3) is 3.97. The highest BCUT2D eigenvalue weighted by molar-refractivity contribution is 9.10. The Labute approximate surface area is 122 Å². The van der Waals surface area contributed by atoms with Crippen molar-refractivity contribution in [3.05, 3.63) is 20.3 Å². The van der Waals surface area contributed by atoms with E-state index in [4.69, 9.17) is 11.6 Å². The lowest BCUT2D eigenvalue weighted by molar-refractivity contribution is 0.424. The number of hydrogen-bond donors (Lipinski definition) is 0. The Balaban J connectivity index is 1.95. The van der Waals surface area contributed by atoms with Gasteiger partial charge in [-0.1, -0.05) is 38.5 Å². The van der Waals surface area contributed by atoms with Gasteiger partial charge in [-0.2, -0.15) is 0 Å². The first kappa shape index (κ1) is 13.9. The van der Waals surface area contributed by atoms with Gasteiger partial charge in [-0.05, 0) is 41.3 Å². The fraction of sp³-hybridized carbons (Fsp3) is 0.714. The minimum absolute atomic E-state index is 0.200. The van der Waals surface area contributed by atoms with Gasteiger partial charge in [0.2, 0.25) is 0 Å². The first-order valence-electron chi connectivity index (χ1n) is 6.56. The number of alkyl halides is 1. The smallest absolute Gasteiger partial charge is 0.0692 e. The topological polar surface area (TPSA) is 0 Å². The Hall–Kier alpha value is 0.470. The van der Waals surface area contributed by atoms with Crippen molar-refractivity contribution < 1.29 is 0 Å². The third-order valence-corrected chi connectivity index (χ3v) is 6.24. The van der Waals surface area contributed by atoms with Crippen molar-refractivity contribution in [1.29, 1.82) is 0 Å². The maximum absolute atomic E-state index is 6.59. The van der Waals surface area contributed by atoms with Crippen LogP contribution in [0.2, 0.25) is 0 Å². The summed E-state index contributed by atoms with van der Waals surface area (Å²) in [6.07, 6.45) is 9.56. The van der Waals surface area contributed by atoms with Gasteiger partial charge in [-0.15, -0.1) is 22.9 Å². The van der Waals surface area contributed by atoms with Gasteiger partial charge in [0.25, 0.3) is 0 Å². The number of hydrogen-bond acceptors (Lipinski definition) is 1. The SMILES string of the molecule is Cc1cc(Br)c(C(Cl)CC2CCCCCC2)s1. The van der Waals surface area contributed by atoms with E-state index in [0.717, 1.165) is 12.3 Å². The summed E-state index contributed by atoms with van der Waals surface area (Å²) in [6.45, 7) is 2.15.